The average molecular weight is 687 g/mol. The molecule has 0 unspecified atom stereocenters. The van der Waals surface area contributed by atoms with Gasteiger partial charge >= 0.3 is 0 Å². The Morgan fingerprint density at radius 1 is 0.370 bits per heavy atom. The maximum atomic E-state index is 4.16. The zero-order valence-corrected chi connectivity index (χ0v) is 30.0. The summed E-state index contributed by atoms with van der Waals surface area (Å²) in [7, 11) is 0. The van der Waals surface area contributed by atoms with Crippen LogP contribution in [-0.4, -0.2) is 0 Å². The molecule has 0 bridgehead atoms. The molecule has 1 spiro atoms. The molecule has 0 saturated heterocycles. The van der Waals surface area contributed by atoms with Gasteiger partial charge in [0, 0.05) is 0 Å². The van der Waals surface area contributed by atoms with Crippen LogP contribution in [0.4, 0.5) is 0 Å². The molecular formula is C54H38. The van der Waals surface area contributed by atoms with Crippen molar-refractivity contribution < 1.29 is 0 Å². The van der Waals surface area contributed by atoms with Crippen LogP contribution in [0.1, 0.15) is 50.1 Å². The summed E-state index contributed by atoms with van der Waals surface area (Å²) in [6.45, 7) is 4.16. The molecule has 0 amide bonds. The molecule has 0 fully saturated rings. The lowest BCUT2D eigenvalue weighted by molar-refractivity contribution is 0.624. The number of hydrogen-bond donors (Lipinski definition) is 0. The number of allylic oxidation sites excluding steroid dienone is 1. The van der Waals surface area contributed by atoms with Gasteiger partial charge < -0.3 is 0 Å². The highest BCUT2D eigenvalue weighted by atomic mass is 14.6. The summed E-state index contributed by atoms with van der Waals surface area (Å²) >= 11 is 0. The summed E-state index contributed by atoms with van der Waals surface area (Å²) in [4.78, 5) is 0. The van der Waals surface area contributed by atoms with Crippen LogP contribution in [0.25, 0.3) is 41.0 Å². The van der Waals surface area contributed by atoms with Gasteiger partial charge in [-0.05, 0) is 88.8 Å². The zero-order chi connectivity index (χ0) is 36.1. The molecular weight excluding hydrogens is 649 g/mol. The van der Waals surface area contributed by atoms with Crippen LogP contribution in [0, 0.1) is 0 Å². The van der Waals surface area contributed by atoms with Crippen LogP contribution in [0.15, 0.2) is 206 Å². The minimum atomic E-state index is -0.509. The number of fused-ring (bicyclic) bond motifs is 9. The van der Waals surface area contributed by atoms with Crippen LogP contribution >= 0.6 is 0 Å². The van der Waals surface area contributed by atoms with Crippen molar-refractivity contribution in [2.75, 3.05) is 0 Å². The minimum Gasteiger partial charge on any atom is -0.0912 e. The molecule has 54 heavy (non-hydrogen) atoms. The third-order valence-electron chi connectivity index (χ3n) is 11.8. The van der Waals surface area contributed by atoms with E-state index in [1.54, 1.807) is 0 Å². The van der Waals surface area contributed by atoms with E-state index in [2.05, 4.69) is 213 Å². The first-order chi connectivity index (χ1) is 26.7. The van der Waals surface area contributed by atoms with Gasteiger partial charge in [0.25, 0.3) is 0 Å². The fraction of sp³-hybridized carbons (Fsp3) is 0.0370. The lowest BCUT2D eigenvalue weighted by Crippen LogP contribution is -2.44. The van der Waals surface area contributed by atoms with Gasteiger partial charge in [-0.1, -0.05) is 219 Å². The first-order valence-corrected chi connectivity index (χ1v) is 18.8. The zero-order valence-electron chi connectivity index (χ0n) is 30.0. The Labute approximate surface area is 317 Å². The number of hydrogen-bond acceptors (Lipinski definition) is 0. The van der Waals surface area contributed by atoms with E-state index < -0.39 is 10.8 Å². The quantitative estimate of drug-likeness (QED) is 0.169. The Bertz CT molecular complexity index is 2730. The van der Waals surface area contributed by atoms with Gasteiger partial charge in [-0.25, -0.2) is 0 Å². The Hall–Kier alpha value is -6.76. The molecule has 8 aromatic carbocycles. The Balaban J connectivity index is 1.20. The summed E-state index contributed by atoms with van der Waals surface area (Å²) in [5, 5.41) is 2.16. The van der Waals surface area contributed by atoms with E-state index in [0.717, 1.165) is 16.0 Å². The molecule has 254 valence electrons. The second-order valence-electron chi connectivity index (χ2n) is 14.5. The van der Waals surface area contributed by atoms with Crippen molar-refractivity contribution in [1.82, 2.24) is 0 Å². The standard InChI is InChI=1S/C54H38/c1-38-17-8-9-19-40(38)20-16-18-39-31-33-41(34-32-39)42-35-36-46-45-25-10-11-26-47(45)54(52(46)37-42)50-29-14-12-27-48(50)53(43-21-4-2-5-22-43,44-23-6-3-7-24-44)49-28-13-15-30-51(49)54/h2-37H,1H2/b18-16-,40-20-. The van der Waals surface area contributed by atoms with Crippen molar-refractivity contribution in [3.05, 3.63) is 267 Å². The lowest BCUT2D eigenvalue weighted by Gasteiger charge is -2.50. The molecule has 10 rings (SSSR count). The molecule has 0 heteroatoms. The topological polar surface area (TPSA) is 0 Å². The maximum absolute atomic E-state index is 4.16. The third kappa shape index (κ3) is 4.63. The Morgan fingerprint density at radius 3 is 1.46 bits per heavy atom. The van der Waals surface area contributed by atoms with Crippen LogP contribution in [0.2, 0.25) is 0 Å². The third-order valence-corrected chi connectivity index (χ3v) is 11.8. The second kappa shape index (κ2) is 12.7. The van der Waals surface area contributed by atoms with Gasteiger partial charge in [0.05, 0.1) is 10.8 Å². The molecule has 2 aliphatic rings. The monoisotopic (exact) mass is 686 g/mol. The summed E-state index contributed by atoms with van der Waals surface area (Å²) in [6.07, 6.45) is 6.39. The van der Waals surface area contributed by atoms with E-state index in [9.17, 15) is 0 Å². The highest BCUT2D eigenvalue weighted by Crippen LogP contribution is 2.64. The van der Waals surface area contributed by atoms with E-state index in [1.807, 2.05) is 12.1 Å². The highest BCUT2D eigenvalue weighted by Gasteiger charge is 2.56. The van der Waals surface area contributed by atoms with Crippen molar-refractivity contribution in [3.63, 3.8) is 0 Å². The molecule has 8 aromatic rings. The van der Waals surface area contributed by atoms with Crippen molar-refractivity contribution in [2.24, 2.45) is 0 Å². The minimum absolute atomic E-state index is 0.507. The summed E-state index contributed by atoms with van der Waals surface area (Å²) < 4.78 is 0. The Kier molecular flexibility index (Phi) is 7.53. The average Bonchev–Trinajstić information content (AvgIpc) is 3.53. The highest BCUT2D eigenvalue weighted by molar-refractivity contribution is 5.91. The SMILES string of the molecule is C=c1cccc/c1=C/C=C\c1ccc(-c2ccc3c(c2)C2(c4ccccc4-3)c3ccccc3C(c3ccccc3)(c3ccccc3)c3ccccc32)cc1. The van der Waals surface area contributed by atoms with Crippen LogP contribution in [0.3, 0.4) is 0 Å². The molecule has 2 aliphatic carbocycles. The smallest absolute Gasteiger partial charge is 0.0720 e. The van der Waals surface area contributed by atoms with Crippen molar-refractivity contribution in [1.29, 1.82) is 0 Å². The van der Waals surface area contributed by atoms with E-state index in [-0.39, 0.29) is 0 Å². The van der Waals surface area contributed by atoms with Crippen molar-refractivity contribution >= 4 is 18.7 Å². The molecule has 0 N–H and O–H groups in total. The predicted molar refractivity (Wildman–Crippen MR) is 226 cm³/mol. The van der Waals surface area contributed by atoms with Gasteiger partial charge in [-0.15, -0.1) is 0 Å². The molecule has 0 atom stereocenters. The van der Waals surface area contributed by atoms with Crippen LogP contribution in [-0.2, 0) is 10.8 Å². The molecule has 0 heterocycles. The van der Waals surface area contributed by atoms with E-state index >= 15 is 0 Å². The molecule has 0 aliphatic heterocycles. The predicted octanol–water partition coefficient (Wildman–Crippen LogP) is 11.3. The number of benzene rings is 8. The molecule has 0 radical (unpaired) electrons. The van der Waals surface area contributed by atoms with Gasteiger partial charge in [0.2, 0.25) is 0 Å². The van der Waals surface area contributed by atoms with Crippen molar-refractivity contribution in [3.8, 4) is 22.3 Å². The van der Waals surface area contributed by atoms with E-state index in [4.69, 9.17) is 0 Å². The summed E-state index contributed by atoms with van der Waals surface area (Å²) in [6, 6.07) is 74.1. The normalized spacial score (nSPS) is 14.7. The summed E-state index contributed by atoms with van der Waals surface area (Å²) in [5.74, 6) is 0. The van der Waals surface area contributed by atoms with E-state index in [1.165, 1.54) is 66.8 Å². The maximum Gasteiger partial charge on any atom is 0.0720 e. The summed E-state index contributed by atoms with van der Waals surface area (Å²) in [5.41, 5.74) is 15.7. The Morgan fingerprint density at radius 2 is 0.852 bits per heavy atom. The molecule has 0 nitrogen and oxygen atoms in total. The van der Waals surface area contributed by atoms with Gasteiger partial charge in [0.1, 0.15) is 0 Å². The fourth-order valence-corrected chi connectivity index (χ4v) is 9.52. The van der Waals surface area contributed by atoms with E-state index in [0.29, 0.717) is 0 Å². The second-order valence-corrected chi connectivity index (χ2v) is 14.5. The lowest BCUT2D eigenvalue weighted by atomic mass is 9.51. The van der Waals surface area contributed by atoms with Gasteiger partial charge in [0.15, 0.2) is 0 Å². The number of rotatable bonds is 5. The molecule has 0 aromatic heterocycles. The largest absolute Gasteiger partial charge is 0.0912 e. The van der Waals surface area contributed by atoms with Crippen LogP contribution < -0.4 is 10.4 Å². The first kappa shape index (κ1) is 31.9. The van der Waals surface area contributed by atoms with Crippen molar-refractivity contribution in [2.45, 2.75) is 10.8 Å². The molecule has 0 saturated carbocycles. The van der Waals surface area contributed by atoms with Gasteiger partial charge in [-0.2, -0.15) is 0 Å². The van der Waals surface area contributed by atoms with Crippen LogP contribution in [0.5, 0.6) is 0 Å². The van der Waals surface area contributed by atoms with Gasteiger partial charge in [-0.3, -0.25) is 0 Å². The first-order valence-electron chi connectivity index (χ1n) is 18.8. The fourth-order valence-electron chi connectivity index (χ4n) is 9.52.